The minimum Gasteiger partial charge on any atom is -0.212 e. The summed E-state index contributed by atoms with van der Waals surface area (Å²) in [5, 5.41) is 2.74. The molecule has 0 bridgehead atoms. The topological polar surface area (TPSA) is 38.7 Å². The van der Waals surface area contributed by atoms with E-state index >= 15 is 0 Å². The van der Waals surface area contributed by atoms with E-state index in [0.29, 0.717) is 5.82 Å². The maximum absolute atomic E-state index is 5.21. The molecule has 4 heteroatoms. The van der Waals surface area contributed by atoms with Gasteiger partial charge in [-0.15, -0.1) is 11.8 Å². The SMILES string of the molecule is C1=CC2c3c(cccc3-c3cccc(-c4ccccc4)c3)SC2C=C1c1nc(-c2ccc(-c3ccccc3)cc2)nc(C2C=c3ccccc3=CC2)n1. The van der Waals surface area contributed by atoms with Gasteiger partial charge in [0.15, 0.2) is 11.6 Å². The van der Waals surface area contributed by atoms with E-state index in [2.05, 4.69) is 176 Å². The zero-order valence-corrected chi connectivity index (χ0v) is 29.8. The number of fused-ring (bicyclic) bond motifs is 4. The molecule has 0 saturated heterocycles. The second-order valence-electron chi connectivity index (χ2n) is 13.9. The Hall–Kier alpha value is -6.10. The lowest BCUT2D eigenvalue weighted by Gasteiger charge is -2.21. The van der Waals surface area contributed by atoms with Crippen LogP contribution in [0, 0.1) is 0 Å². The van der Waals surface area contributed by atoms with Crippen LogP contribution in [0.5, 0.6) is 0 Å². The molecule has 0 N–H and O–H groups in total. The van der Waals surface area contributed by atoms with E-state index in [9.17, 15) is 0 Å². The van der Waals surface area contributed by atoms with Crippen molar-refractivity contribution in [1.82, 2.24) is 15.0 Å². The van der Waals surface area contributed by atoms with E-state index < -0.39 is 0 Å². The highest BCUT2D eigenvalue weighted by Gasteiger charge is 2.35. The van der Waals surface area contributed by atoms with Gasteiger partial charge >= 0.3 is 0 Å². The number of benzene rings is 6. The Morgan fingerprint density at radius 3 is 1.96 bits per heavy atom. The van der Waals surface area contributed by atoms with Crippen LogP contribution in [0.4, 0.5) is 0 Å². The number of aromatic nitrogens is 3. The minimum absolute atomic E-state index is 0.0641. The molecular formula is C49H35N3S. The first-order valence-electron chi connectivity index (χ1n) is 18.3. The third-order valence-electron chi connectivity index (χ3n) is 10.6. The highest BCUT2D eigenvalue weighted by Crippen LogP contribution is 2.52. The summed E-state index contributed by atoms with van der Waals surface area (Å²) in [6, 6.07) is 54.0. The largest absolute Gasteiger partial charge is 0.212 e. The molecule has 0 spiro atoms. The molecule has 1 aromatic heterocycles. The van der Waals surface area contributed by atoms with Gasteiger partial charge in [-0.2, -0.15) is 0 Å². The van der Waals surface area contributed by atoms with E-state index in [1.807, 2.05) is 17.8 Å². The molecule has 0 amide bonds. The maximum atomic E-state index is 5.21. The lowest BCUT2D eigenvalue weighted by Crippen LogP contribution is -2.28. The van der Waals surface area contributed by atoms with Gasteiger partial charge < -0.3 is 0 Å². The van der Waals surface area contributed by atoms with Crippen molar-refractivity contribution in [3.63, 3.8) is 0 Å². The van der Waals surface area contributed by atoms with Crippen molar-refractivity contribution in [3.05, 3.63) is 198 Å². The molecular weight excluding hydrogens is 663 g/mol. The summed E-state index contributed by atoms with van der Waals surface area (Å²) >= 11 is 1.94. The van der Waals surface area contributed by atoms with Crippen LogP contribution in [-0.2, 0) is 0 Å². The monoisotopic (exact) mass is 697 g/mol. The van der Waals surface area contributed by atoms with Crippen molar-refractivity contribution in [1.29, 1.82) is 0 Å². The van der Waals surface area contributed by atoms with Gasteiger partial charge in [-0.05, 0) is 67.9 Å². The average molecular weight is 698 g/mol. The van der Waals surface area contributed by atoms with Crippen molar-refractivity contribution in [3.8, 4) is 44.8 Å². The normalized spacial score (nSPS) is 18.2. The second-order valence-corrected chi connectivity index (χ2v) is 15.1. The zero-order chi connectivity index (χ0) is 35.1. The van der Waals surface area contributed by atoms with Gasteiger partial charge in [-0.1, -0.05) is 170 Å². The van der Waals surface area contributed by atoms with E-state index in [1.54, 1.807) is 0 Å². The average Bonchev–Trinajstić information content (AvgIpc) is 3.62. The van der Waals surface area contributed by atoms with Crippen molar-refractivity contribution >= 4 is 29.5 Å². The van der Waals surface area contributed by atoms with Crippen LogP contribution in [0.2, 0.25) is 0 Å². The van der Waals surface area contributed by atoms with E-state index in [-0.39, 0.29) is 17.1 Å². The van der Waals surface area contributed by atoms with Crippen LogP contribution in [0.3, 0.4) is 0 Å². The fraction of sp³-hybridized carbons (Fsp3) is 0.0816. The first-order valence-corrected chi connectivity index (χ1v) is 19.2. The molecule has 2 aliphatic carbocycles. The molecule has 2 heterocycles. The molecule has 252 valence electrons. The number of rotatable bonds is 6. The number of hydrogen-bond donors (Lipinski definition) is 0. The maximum Gasteiger partial charge on any atom is 0.163 e. The molecule has 1 aliphatic heterocycles. The summed E-state index contributed by atoms with van der Waals surface area (Å²) in [5.41, 5.74) is 10.8. The summed E-state index contributed by atoms with van der Waals surface area (Å²) in [4.78, 5) is 16.8. The number of thioether (sulfide) groups is 1. The summed E-state index contributed by atoms with van der Waals surface area (Å²) < 4.78 is 0. The summed E-state index contributed by atoms with van der Waals surface area (Å²) in [5.74, 6) is 2.57. The number of allylic oxidation sites excluding steroid dienone is 3. The standard InChI is InChI=1S/C49H35N3S/c1-3-11-32(12-4-1)35-21-24-36(25-22-35)47-50-48(40-26-23-34-15-7-8-16-37(34)30-40)52-49(51-47)41-27-28-43-45(31-41)53-44-20-10-19-42(46(43)44)39-18-9-17-38(29-39)33-13-5-2-6-14-33/h1-25,27-31,40,43,45H,26H2. The predicted octanol–water partition coefficient (Wildman–Crippen LogP) is 10.5. The fourth-order valence-electron chi connectivity index (χ4n) is 7.88. The van der Waals surface area contributed by atoms with Crippen LogP contribution < -0.4 is 10.4 Å². The van der Waals surface area contributed by atoms with Gasteiger partial charge in [0.2, 0.25) is 0 Å². The molecule has 6 aromatic carbocycles. The Bertz CT molecular complexity index is 2680. The van der Waals surface area contributed by atoms with Crippen molar-refractivity contribution in [2.45, 2.75) is 28.4 Å². The highest BCUT2D eigenvalue weighted by atomic mass is 32.2. The molecule has 3 unspecified atom stereocenters. The Labute approximate surface area is 313 Å². The van der Waals surface area contributed by atoms with Crippen LogP contribution in [0.1, 0.15) is 35.5 Å². The van der Waals surface area contributed by atoms with Gasteiger partial charge in [0.1, 0.15) is 5.82 Å². The van der Waals surface area contributed by atoms with Crippen molar-refractivity contribution < 1.29 is 0 Å². The van der Waals surface area contributed by atoms with Gasteiger partial charge in [-0.25, -0.2) is 15.0 Å². The molecule has 0 fully saturated rings. The lowest BCUT2D eigenvalue weighted by molar-refractivity contribution is 0.797. The van der Waals surface area contributed by atoms with E-state index in [4.69, 9.17) is 15.0 Å². The Balaban J connectivity index is 1.02. The molecule has 53 heavy (non-hydrogen) atoms. The zero-order valence-electron chi connectivity index (χ0n) is 29.0. The quantitative estimate of drug-likeness (QED) is 0.173. The van der Waals surface area contributed by atoms with Crippen molar-refractivity contribution in [2.75, 3.05) is 0 Å². The molecule has 7 aromatic rings. The van der Waals surface area contributed by atoms with Gasteiger partial charge in [0.25, 0.3) is 0 Å². The molecule has 3 aliphatic rings. The van der Waals surface area contributed by atoms with Gasteiger partial charge in [-0.3, -0.25) is 0 Å². The first kappa shape index (κ1) is 31.6. The third kappa shape index (κ3) is 6.05. The van der Waals surface area contributed by atoms with Crippen LogP contribution >= 0.6 is 11.8 Å². The molecule has 0 radical (unpaired) electrons. The number of nitrogens with zero attached hydrogens (tertiary/aromatic N) is 3. The minimum atomic E-state index is 0.0641. The van der Waals surface area contributed by atoms with Crippen LogP contribution in [0.25, 0.3) is 62.5 Å². The summed E-state index contributed by atoms with van der Waals surface area (Å²) in [6.07, 6.45) is 12.5. The van der Waals surface area contributed by atoms with E-state index in [1.165, 1.54) is 54.3 Å². The first-order chi connectivity index (χ1) is 26.2. The molecule has 3 nitrogen and oxygen atoms in total. The predicted molar refractivity (Wildman–Crippen MR) is 219 cm³/mol. The van der Waals surface area contributed by atoms with Gasteiger partial charge in [0.05, 0.1) is 0 Å². The smallest absolute Gasteiger partial charge is 0.163 e. The van der Waals surface area contributed by atoms with E-state index in [0.717, 1.165) is 29.2 Å². The third-order valence-corrected chi connectivity index (χ3v) is 11.9. The Morgan fingerprint density at radius 2 is 1.15 bits per heavy atom. The molecule has 3 atom stereocenters. The fourth-order valence-corrected chi connectivity index (χ4v) is 9.29. The van der Waals surface area contributed by atoms with Crippen molar-refractivity contribution in [2.24, 2.45) is 0 Å². The molecule has 0 saturated carbocycles. The summed E-state index contributed by atoms with van der Waals surface area (Å²) in [7, 11) is 0. The molecule has 10 rings (SSSR count). The highest BCUT2D eigenvalue weighted by molar-refractivity contribution is 8.00. The lowest BCUT2D eigenvalue weighted by atomic mass is 9.84. The number of hydrogen-bond acceptors (Lipinski definition) is 4. The Morgan fingerprint density at radius 1 is 0.509 bits per heavy atom. The van der Waals surface area contributed by atoms with Crippen LogP contribution in [0.15, 0.2) is 175 Å². The summed E-state index contributed by atoms with van der Waals surface area (Å²) in [6.45, 7) is 0. The van der Waals surface area contributed by atoms with Crippen LogP contribution in [-0.4, -0.2) is 20.2 Å². The Kier molecular flexibility index (Phi) is 8.03. The van der Waals surface area contributed by atoms with Gasteiger partial charge in [0, 0.05) is 33.1 Å². The second kappa shape index (κ2) is 13.5.